The molecule has 0 saturated heterocycles. The van der Waals surface area contributed by atoms with Crippen molar-refractivity contribution in [2.24, 2.45) is 0 Å². The Balaban J connectivity index is 2.64. The zero-order chi connectivity index (χ0) is 10.6. The Morgan fingerprint density at radius 2 is 2.43 bits per heavy atom. The molecule has 0 aromatic carbocycles. The molecule has 78 valence electrons. The Bertz CT molecular complexity index is 335. The number of aldehydes is 1. The van der Waals surface area contributed by atoms with Gasteiger partial charge in [-0.15, -0.1) is 0 Å². The van der Waals surface area contributed by atoms with Crippen LogP contribution < -0.4 is 0 Å². The van der Waals surface area contributed by atoms with Crippen molar-refractivity contribution >= 4 is 17.1 Å². The van der Waals surface area contributed by atoms with Gasteiger partial charge in [-0.05, 0) is 13.3 Å². The van der Waals surface area contributed by atoms with E-state index in [1.165, 1.54) is 6.20 Å². The SMILES string of the molecule is CC(CCS(C)=O)n1cncc1C=O. The van der Waals surface area contributed by atoms with Crippen LogP contribution in [0.3, 0.4) is 0 Å². The molecule has 0 fully saturated rings. The lowest BCUT2D eigenvalue weighted by molar-refractivity contribution is 0.111. The first kappa shape index (κ1) is 11.1. The highest BCUT2D eigenvalue weighted by Gasteiger charge is 2.09. The van der Waals surface area contributed by atoms with E-state index >= 15 is 0 Å². The average molecular weight is 214 g/mol. The van der Waals surface area contributed by atoms with E-state index < -0.39 is 10.8 Å². The second-order valence-corrected chi connectivity index (χ2v) is 4.81. The molecule has 1 aromatic rings. The van der Waals surface area contributed by atoms with Crippen LogP contribution in [0.25, 0.3) is 0 Å². The molecule has 2 unspecified atom stereocenters. The van der Waals surface area contributed by atoms with E-state index in [0.717, 1.165) is 12.7 Å². The molecule has 0 spiro atoms. The van der Waals surface area contributed by atoms with E-state index in [-0.39, 0.29) is 6.04 Å². The van der Waals surface area contributed by atoms with Crippen molar-refractivity contribution in [2.45, 2.75) is 19.4 Å². The third-order valence-corrected chi connectivity index (χ3v) is 2.93. The highest BCUT2D eigenvalue weighted by Crippen LogP contribution is 2.12. The molecule has 0 saturated carbocycles. The highest BCUT2D eigenvalue weighted by molar-refractivity contribution is 7.84. The van der Waals surface area contributed by atoms with Crippen LogP contribution in [0.5, 0.6) is 0 Å². The summed E-state index contributed by atoms with van der Waals surface area (Å²) in [6.45, 7) is 1.99. The van der Waals surface area contributed by atoms with Gasteiger partial charge in [-0.1, -0.05) is 0 Å². The monoisotopic (exact) mass is 214 g/mol. The fraction of sp³-hybridized carbons (Fsp3) is 0.556. The van der Waals surface area contributed by atoms with Crippen molar-refractivity contribution in [3.63, 3.8) is 0 Å². The van der Waals surface area contributed by atoms with Crippen LogP contribution in [0.2, 0.25) is 0 Å². The highest BCUT2D eigenvalue weighted by atomic mass is 32.2. The van der Waals surface area contributed by atoms with Gasteiger partial charge in [0.25, 0.3) is 0 Å². The Hall–Kier alpha value is -0.970. The minimum atomic E-state index is -0.778. The summed E-state index contributed by atoms with van der Waals surface area (Å²) < 4.78 is 12.7. The molecule has 14 heavy (non-hydrogen) atoms. The van der Waals surface area contributed by atoms with Gasteiger partial charge >= 0.3 is 0 Å². The summed E-state index contributed by atoms with van der Waals surface area (Å²) in [4.78, 5) is 14.5. The number of hydrogen-bond donors (Lipinski definition) is 0. The number of hydrogen-bond acceptors (Lipinski definition) is 3. The second kappa shape index (κ2) is 5.05. The quantitative estimate of drug-likeness (QED) is 0.688. The van der Waals surface area contributed by atoms with Crippen molar-refractivity contribution in [1.82, 2.24) is 9.55 Å². The lowest BCUT2D eigenvalue weighted by Gasteiger charge is -2.13. The van der Waals surface area contributed by atoms with Gasteiger partial charge in [-0.2, -0.15) is 0 Å². The molecule has 4 nitrogen and oxygen atoms in total. The minimum absolute atomic E-state index is 0.168. The molecule has 1 rings (SSSR count). The van der Waals surface area contributed by atoms with Crippen LogP contribution in [0.15, 0.2) is 12.5 Å². The zero-order valence-corrected chi connectivity index (χ0v) is 9.16. The van der Waals surface area contributed by atoms with Crippen molar-refractivity contribution in [3.8, 4) is 0 Å². The predicted octanol–water partition coefficient (Wildman–Crippen LogP) is 1.03. The number of imidazole rings is 1. The summed E-state index contributed by atoms with van der Waals surface area (Å²) in [5.74, 6) is 0.650. The summed E-state index contributed by atoms with van der Waals surface area (Å²) in [5.41, 5.74) is 0.569. The first-order valence-corrected chi connectivity index (χ1v) is 6.15. The van der Waals surface area contributed by atoms with Gasteiger partial charge in [-0.25, -0.2) is 4.98 Å². The normalized spacial score (nSPS) is 15.0. The van der Waals surface area contributed by atoms with Crippen LogP contribution in [-0.4, -0.2) is 32.1 Å². The van der Waals surface area contributed by atoms with Crippen LogP contribution in [0.4, 0.5) is 0 Å². The number of nitrogens with zero attached hydrogens (tertiary/aromatic N) is 2. The first-order chi connectivity index (χ1) is 6.65. The molecule has 0 amide bonds. The maximum absolute atomic E-state index is 10.9. The molecule has 0 bridgehead atoms. The third-order valence-electron chi connectivity index (χ3n) is 2.11. The van der Waals surface area contributed by atoms with E-state index in [0.29, 0.717) is 11.4 Å². The van der Waals surface area contributed by atoms with E-state index in [9.17, 15) is 9.00 Å². The fourth-order valence-electron chi connectivity index (χ4n) is 1.25. The van der Waals surface area contributed by atoms with Gasteiger partial charge in [0.2, 0.25) is 0 Å². The number of rotatable bonds is 5. The Morgan fingerprint density at radius 3 is 3.00 bits per heavy atom. The van der Waals surface area contributed by atoms with Crippen molar-refractivity contribution in [2.75, 3.05) is 12.0 Å². The van der Waals surface area contributed by atoms with Crippen LogP contribution >= 0.6 is 0 Å². The maximum atomic E-state index is 10.9. The number of carbonyl (C=O) groups is 1. The summed E-state index contributed by atoms with van der Waals surface area (Å²) in [6.07, 6.45) is 6.42. The van der Waals surface area contributed by atoms with Crippen molar-refractivity contribution < 1.29 is 9.00 Å². The Morgan fingerprint density at radius 1 is 1.71 bits per heavy atom. The third kappa shape index (κ3) is 2.77. The maximum Gasteiger partial charge on any atom is 0.168 e. The standard InChI is InChI=1S/C9H14N2O2S/c1-8(3-4-14(2)13)11-7-10-5-9(11)6-12/h5-8H,3-4H2,1-2H3. The van der Waals surface area contributed by atoms with E-state index in [1.54, 1.807) is 17.2 Å². The molecular weight excluding hydrogens is 200 g/mol. The summed E-state index contributed by atoms with van der Waals surface area (Å²) >= 11 is 0. The van der Waals surface area contributed by atoms with Gasteiger partial charge < -0.3 is 4.57 Å². The summed E-state index contributed by atoms with van der Waals surface area (Å²) in [7, 11) is -0.778. The second-order valence-electron chi connectivity index (χ2n) is 3.26. The molecule has 0 aliphatic rings. The van der Waals surface area contributed by atoms with Gasteiger partial charge in [0.15, 0.2) is 6.29 Å². The largest absolute Gasteiger partial charge is 0.326 e. The predicted molar refractivity (Wildman–Crippen MR) is 55.9 cm³/mol. The van der Waals surface area contributed by atoms with Crippen LogP contribution in [0.1, 0.15) is 29.9 Å². The molecular formula is C9H14N2O2S. The molecule has 5 heteroatoms. The van der Waals surface area contributed by atoms with Gasteiger partial charge in [0.1, 0.15) is 5.69 Å². The topological polar surface area (TPSA) is 52.0 Å². The van der Waals surface area contributed by atoms with Gasteiger partial charge in [0.05, 0.1) is 12.5 Å². The van der Waals surface area contributed by atoms with Gasteiger partial charge in [-0.3, -0.25) is 9.00 Å². The van der Waals surface area contributed by atoms with E-state index in [1.807, 2.05) is 6.92 Å². The Labute approximate surface area is 85.8 Å². The van der Waals surface area contributed by atoms with Gasteiger partial charge in [0, 0.05) is 28.9 Å². The van der Waals surface area contributed by atoms with E-state index in [2.05, 4.69) is 4.98 Å². The Kier molecular flexibility index (Phi) is 4.00. The van der Waals surface area contributed by atoms with Crippen LogP contribution in [-0.2, 0) is 10.8 Å². The molecule has 0 radical (unpaired) electrons. The van der Waals surface area contributed by atoms with Crippen LogP contribution in [0, 0.1) is 0 Å². The smallest absolute Gasteiger partial charge is 0.168 e. The first-order valence-electron chi connectivity index (χ1n) is 4.42. The van der Waals surface area contributed by atoms with Crippen molar-refractivity contribution in [1.29, 1.82) is 0 Å². The molecule has 2 atom stereocenters. The summed E-state index contributed by atoms with van der Waals surface area (Å²) in [6, 6.07) is 0.168. The lowest BCUT2D eigenvalue weighted by Crippen LogP contribution is -2.10. The zero-order valence-electron chi connectivity index (χ0n) is 8.34. The molecule has 1 aromatic heterocycles. The van der Waals surface area contributed by atoms with E-state index in [4.69, 9.17) is 0 Å². The fourth-order valence-corrected chi connectivity index (χ4v) is 1.92. The molecule has 0 aliphatic carbocycles. The molecule has 0 N–H and O–H groups in total. The number of carbonyl (C=O) groups excluding carboxylic acids is 1. The number of aromatic nitrogens is 2. The summed E-state index contributed by atoms with van der Waals surface area (Å²) in [5, 5.41) is 0. The molecule has 1 heterocycles. The van der Waals surface area contributed by atoms with Crippen molar-refractivity contribution in [3.05, 3.63) is 18.2 Å². The lowest BCUT2D eigenvalue weighted by atomic mass is 10.2. The molecule has 0 aliphatic heterocycles. The minimum Gasteiger partial charge on any atom is -0.326 e. The average Bonchev–Trinajstić information content (AvgIpc) is 2.61.